The maximum Gasteiger partial charge on any atom is 0.333 e. The third-order valence-electron chi connectivity index (χ3n) is 6.91. The van der Waals surface area contributed by atoms with Crippen LogP contribution in [0.1, 0.15) is 37.7 Å². The highest BCUT2D eigenvalue weighted by atomic mass is 16.1. The van der Waals surface area contributed by atoms with Crippen LogP contribution < -0.4 is 10.7 Å². The molecule has 0 saturated carbocycles. The van der Waals surface area contributed by atoms with E-state index in [2.05, 4.69) is 47.5 Å². The predicted octanol–water partition coefficient (Wildman–Crippen LogP) is 5.90. The van der Waals surface area contributed by atoms with Crippen molar-refractivity contribution in [3.8, 4) is 0 Å². The Hall–Kier alpha value is -3.86. The zero-order chi connectivity index (χ0) is 22.9. The molecule has 1 aliphatic carbocycles. The van der Waals surface area contributed by atoms with Crippen LogP contribution in [-0.4, -0.2) is 20.9 Å². The molecule has 3 aromatic carbocycles. The van der Waals surface area contributed by atoms with Crippen molar-refractivity contribution in [2.75, 3.05) is 5.01 Å². The highest BCUT2D eigenvalue weighted by Crippen LogP contribution is 2.29. The van der Waals surface area contributed by atoms with Crippen molar-refractivity contribution in [1.82, 2.24) is 9.13 Å². The lowest BCUT2D eigenvalue weighted by atomic mass is 10.0. The summed E-state index contributed by atoms with van der Waals surface area (Å²) in [5.41, 5.74) is 6.41. The number of imidazole rings is 1. The first-order valence-corrected chi connectivity index (χ1v) is 12.2. The maximum atomic E-state index is 13.8. The van der Waals surface area contributed by atoms with E-state index in [1.807, 2.05) is 57.7 Å². The molecule has 2 heterocycles. The van der Waals surface area contributed by atoms with Gasteiger partial charge in [0, 0.05) is 12.1 Å². The van der Waals surface area contributed by atoms with Crippen LogP contribution in [0.4, 0.5) is 5.69 Å². The third kappa shape index (κ3) is 3.67. The number of allylic oxidation sites excluding steroid dienone is 2. The Morgan fingerprint density at radius 1 is 0.824 bits per heavy atom. The lowest BCUT2D eigenvalue weighted by Gasteiger charge is -2.24. The minimum atomic E-state index is 0.0508. The fourth-order valence-electron chi connectivity index (χ4n) is 5.26. The molecular formula is C29H28N4O. The van der Waals surface area contributed by atoms with E-state index in [4.69, 9.17) is 5.10 Å². The average Bonchev–Trinajstić information content (AvgIpc) is 3.45. The number of nitrogens with zero attached hydrogens (tertiary/aromatic N) is 4. The lowest BCUT2D eigenvalue weighted by molar-refractivity contribution is 0.543. The molecule has 34 heavy (non-hydrogen) atoms. The zero-order valence-corrected chi connectivity index (χ0v) is 19.2. The fraction of sp³-hybridized carbons (Fsp3) is 0.241. The van der Waals surface area contributed by atoms with Gasteiger partial charge in [0.25, 0.3) is 0 Å². The molecule has 1 atom stereocenters. The minimum Gasteiger partial charge on any atom is -0.289 e. The number of benzene rings is 3. The molecule has 0 spiro atoms. The molecule has 0 bridgehead atoms. The van der Waals surface area contributed by atoms with Crippen LogP contribution in [0.3, 0.4) is 0 Å². The van der Waals surface area contributed by atoms with Crippen molar-refractivity contribution in [3.63, 3.8) is 0 Å². The van der Waals surface area contributed by atoms with E-state index in [1.165, 1.54) is 6.42 Å². The Labute approximate surface area is 199 Å². The topological polar surface area (TPSA) is 42.5 Å². The molecule has 170 valence electrons. The summed E-state index contributed by atoms with van der Waals surface area (Å²) in [4.78, 5) is 13.8. The van der Waals surface area contributed by atoms with Gasteiger partial charge in [0.1, 0.15) is 0 Å². The molecule has 0 N–H and O–H groups in total. The van der Waals surface area contributed by atoms with Crippen LogP contribution in [0.2, 0.25) is 0 Å². The molecule has 1 unspecified atom stereocenters. The molecular weight excluding hydrogens is 420 g/mol. The first-order chi connectivity index (χ1) is 16.8. The summed E-state index contributed by atoms with van der Waals surface area (Å²) in [5.74, 6) is 0. The molecule has 4 aromatic rings. The second-order valence-corrected chi connectivity index (χ2v) is 9.11. The summed E-state index contributed by atoms with van der Waals surface area (Å²) in [6, 6.07) is 28.8. The van der Waals surface area contributed by atoms with Crippen molar-refractivity contribution in [3.05, 3.63) is 107 Å². The molecule has 0 amide bonds. The molecule has 5 heteroatoms. The lowest BCUT2D eigenvalue weighted by Crippen LogP contribution is -2.35. The van der Waals surface area contributed by atoms with E-state index >= 15 is 0 Å². The first-order valence-electron chi connectivity index (χ1n) is 12.2. The van der Waals surface area contributed by atoms with Gasteiger partial charge in [-0.2, -0.15) is 5.10 Å². The van der Waals surface area contributed by atoms with Gasteiger partial charge in [0.2, 0.25) is 0 Å². The second kappa shape index (κ2) is 8.82. The van der Waals surface area contributed by atoms with Gasteiger partial charge in [-0.1, -0.05) is 66.7 Å². The first kappa shape index (κ1) is 20.7. The number of aromatic nitrogens is 2. The van der Waals surface area contributed by atoms with Crippen LogP contribution in [0.15, 0.2) is 101 Å². The SMILES string of the molecule is O=c1n(CC2CC(c3ccccc3)=NN2c2ccccc2)c2ccccc2n1C1=CCCCC1. The Bertz CT molecular complexity index is 1430. The number of hydrogen-bond acceptors (Lipinski definition) is 3. The van der Waals surface area contributed by atoms with Crippen LogP contribution in [0.25, 0.3) is 16.7 Å². The standard InChI is InChI=1S/C29H28N4O/c34-29-31(27-18-10-11-19-28(27)32(29)23-14-6-2-7-15-23)21-25-20-26(22-12-4-1-5-13-22)30-33(25)24-16-8-3-9-17-24/h1,3-5,8-14,16-19,25H,2,6-7,15,20-21H2. The highest BCUT2D eigenvalue weighted by molar-refractivity contribution is 6.03. The summed E-state index contributed by atoms with van der Waals surface area (Å²) in [6.45, 7) is 0.578. The van der Waals surface area contributed by atoms with E-state index < -0.39 is 0 Å². The van der Waals surface area contributed by atoms with Crippen molar-refractivity contribution < 1.29 is 0 Å². The Morgan fingerprint density at radius 2 is 1.53 bits per heavy atom. The molecule has 1 aromatic heterocycles. The van der Waals surface area contributed by atoms with Gasteiger partial charge in [-0.05, 0) is 55.5 Å². The van der Waals surface area contributed by atoms with Crippen molar-refractivity contribution in [2.45, 2.75) is 44.7 Å². The number of anilines is 1. The average molecular weight is 449 g/mol. The molecule has 2 aliphatic rings. The van der Waals surface area contributed by atoms with Crippen LogP contribution in [0, 0.1) is 0 Å². The van der Waals surface area contributed by atoms with Crippen LogP contribution in [-0.2, 0) is 6.54 Å². The minimum absolute atomic E-state index is 0.0508. The maximum absolute atomic E-state index is 13.8. The smallest absolute Gasteiger partial charge is 0.289 e. The van der Waals surface area contributed by atoms with E-state index in [0.717, 1.165) is 59.4 Å². The summed E-state index contributed by atoms with van der Waals surface area (Å²) in [6.07, 6.45) is 7.35. The number of hydrazone groups is 1. The molecule has 0 fully saturated rings. The van der Waals surface area contributed by atoms with Crippen molar-refractivity contribution >= 4 is 28.1 Å². The fourth-order valence-corrected chi connectivity index (χ4v) is 5.26. The number of fused-ring (bicyclic) bond motifs is 1. The molecule has 0 saturated heterocycles. The third-order valence-corrected chi connectivity index (χ3v) is 6.91. The number of para-hydroxylation sites is 3. The van der Waals surface area contributed by atoms with E-state index in [1.54, 1.807) is 0 Å². The predicted molar refractivity (Wildman–Crippen MR) is 139 cm³/mol. The number of rotatable bonds is 5. The largest absolute Gasteiger partial charge is 0.333 e. The summed E-state index contributed by atoms with van der Waals surface area (Å²) in [7, 11) is 0. The van der Waals surface area contributed by atoms with Crippen molar-refractivity contribution in [1.29, 1.82) is 0 Å². The van der Waals surface area contributed by atoms with Crippen LogP contribution in [0.5, 0.6) is 0 Å². The Kier molecular flexibility index (Phi) is 5.38. The highest BCUT2D eigenvalue weighted by Gasteiger charge is 2.30. The van der Waals surface area contributed by atoms with Crippen LogP contribution >= 0.6 is 0 Å². The van der Waals surface area contributed by atoms with Gasteiger partial charge in [-0.15, -0.1) is 0 Å². The summed E-state index contributed by atoms with van der Waals surface area (Å²) in [5, 5.41) is 7.13. The summed E-state index contributed by atoms with van der Waals surface area (Å²) >= 11 is 0. The van der Waals surface area contributed by atoms with Gasteiger partial charge in [0.05, 0.1) is 35.0 Å². The van der Waals surface area contributed by atoms with Gasteiger partial charge in [-0.3, -0.25) is 14.1 Å². The van der Waals surface area contributed by atoms with E-state index in [0.29, 0.717) is 6.54 Å². The molecule has 5 nitrogen and oxygen atoms in total. The molecule has 6 rings (SSSR count). The molecule has 0 radical (unpaired) electrons. The van der Waals surface area contributed by atoms with E-state index in [9.17, 15) is 4.79 Å². The Morgan fingerprint density at radius 3 is 2.26 bits per heavy atom. The monoisotopic (exact) mass is 448 g/mol. The normalized spacial score (nSPS) is 18.2. The second-order valence-electron chi connectivity index (χ2n) is 9.11. The Balaban J connectivity index is 1.42. The zero-order valence-electron chi connectivity index (χ0n) is 19.2. The molecule has 1 aliphatic heterocycles. The van der Waals surface area contributed by atoms with Gasteiger partial charge >= 0.3 is 5.69 Å². The van der Waals surface area contributed by atoms with Gasteiger partial charge in [0.15, 0.2) is 0 Å². The van der Waals surface area contributed by atoms with E-state index in [-0.39, 0.29) is 11.7 Å². The number of hydrogen-bond donors (Lipinski definition) is 0. The van der Waals surface area contributed by atoms with Gasteiger partial charge in [-0.25, -0.2) is 4.79 Å². The van der Waals surface area contributed by atoms with Crippen molar-refractivity contribution in [2.24, 2.45) is 5.10 Å². The quantitative estimate of drug-likeness (QED) is 0.381. The summed E-state index contributed by atoms with van der Waals surface area (Å²) < 4.78 is 3.89. The van der Waals surface area contributed by atoms with Gasteiger partial charge < -0.3 is 0 Å².